The van der Waals surface area contributed by atoms with Crippen LogP contribution in [0.15, 0.2) is 12.1 Å². The Kier molecular flexibility index (Phi) is 4.85. The van der Waals surface area contributed by atoms with Gasteiger partial charge in [0.15, 0.2) is 0 Å². The average Bonchev–Trinajstić information content (AvgIpc) is 2.35. The zero-order chi connectivity index (χ0) is 15.6. The number of carbonyl (C=O) groups excluding carboxylic acids is 1. The first-order valence-electron chi connectivity index (χ1n) is 6.65. The molecule has 1 aromatic rings. The number of nitrogens with zero attached hydrogens (tertiary/aromatic N) is 2. The zero-order valence-corrected chi connectivity index (χ0v) is 13.5. The Labute approximate surface area is 129 Å². The summed E-state index contributed by atoms with van der Waals surface area (Å²) in [6, 6.07) is 2.97. The van der Waals surface area contributed by atoms with Crippen molar-refractivity contribution < 1.29 is 13.2 Å². The molecule has 1 aliphatic rings. The van der Waals surface area contributed by atoms with Crippen LogP contribution in [0.3, 0.4) is 0 Å². The molecule has 8 heteroatoms. The van der Waals surface area contributed by atoms with Gasteiger partial charge >= 0.3 is 0 Å². The van der Waals surface area contributed by atoms with E-state index in [9.17, 15) is 13.2 Å². The third kappa shape index (κ3) is 4.66. The lowest BCUT2D eigenvalue weighted by Crippen LogP contribution is -2.49. The molecule has 21 heavy (non-hydrogen) atoms. The van der Waals surface area contributed by atoms with E-state index in [1.807, 2.05) is 0 Å². The number of aryl methyl sites for hydroxylation is 1. The molecule has 0 aromatic carbocycles. The number of hydrogen-bond donors (Lipinski definition) is 1. The summed E-state index contributed by atoms with van der Waals surface area (Å²) in [4.78, 5) is 18.2. The molecule has 0 spiro atoms. The summed E-state index contributed by atoms with van der Waals surface area (Å²) in [6.45, 7) is 2.75. The van der Waals surface area contributed by atoms with E-state index in [0.29, 0.717) is 24.3 Å². The molecule has 1 aliphatic heterocycles. The van der Waals surface area contributed by atoms with Crippen molar-refractivity contribution in [1.29, 1.82) is 0 Å². The monoisotopic (exact) mass is 331 g/mol. The maximum absolute atomic E-state index is 12.5. The van der Waals surface area contributed by atoms with Gasteiger partial charge in [0.1, 0.15) is 5.15 Å². The van der Waals surface area contributed by atoms with Gasteiger partial charge in [-0.2, -0.15) is 0 Å². The van der Waals surface area contributed by atoms with Crippen molar-refractivity contribution in [3.05, 3.63) is 28.5 Å². The fourth-order valence-corrected chi connectivity index (χ4v) is 3.54. The first-order valence-corrected chi connectivity index (χ1v) is 8.92. The molecule has 1 aromatic heterocycles. The van der Waals surface area contributed by atoms with Crippen molar-refractivity contribution in [3.63, 3.8) is 0 Å². The number of rotatable bonds is 3. The number of pyridine rings is 1. The van der Waals surface area contributed by atoms with Crippen molar-refractivity contribution in [2.75, 3.05) is 19.3 Å². The summed E-state index contributed by atoms with van der Waals surface area (Å²) in [5, 5.41) is 0.279. The Morgan fingerprint density at radius 1 is 1.48 bits per heavy atom. The van der Waals surface area contributed by atoms with Crippen LogP contribution in [0.5, 0.6) is 0 Å². The van der Waals surface area contributed by atoms with E-state index in [1.165, 1.54) is 6.07 Å². The molecule has 1 atom stereocenters. The predicted molar refractivity (Wildman–Crippen MR) is 80.9 cm³/mol. The molecule has 0 saturated carbocycles. The molecule has 0 aliphatic carbocycles. The highest BCUT2D eigenvalue weighted by molar-refractivity contribution is 7.88. The Bertz CT molecular complexity index is 628. The lowest BCUT2D eigenvalue weighted by atomic mass is 10.1. The fourth-order valence-electron chi connectivity index (χ4n) is 2.49. The van der Waals surface area contributed by atoms with Crippen LogP contribution in [0.25, 0.3) is 0 Å². The van der Waals surface area contributed by atoms with Crippen LogP contribution in [-0.2, 0) is 10.0 Å². The molecule has 1 fully saturated rings. The SMILES string of the molecule is Cc1cc(C(=O)N2CCCC(NS(C)(=O)=O)C2)cc(Cl)n1. The van der Waals surface area contributed by atoms with Crippen molar-refractivity contribution in [3.8, 4) is 0 Å². The van der Waals surface area contributed by atoms with Crippen LogP contribution < -0.4 is 4.72 Å². The quantitative estimate of drug-likeness (QED) is 0.844. The number of hydrogen-bond acceptors (Lipinski definition) is 4. The summed E-state index contributed by atoms with van der Waals surface area (Å²) < 4.78 is 25.1. The Hall–Kier alpha value is -1.18. The van der Waals surface area contributed by atoms with Crippen LogP contribution in [0.2, 0.25) is 5.15 Å². The number of likely N-dealkylation sites (tertiary alicyclic amines) is 1. The molecule has 1 unspecified atom stereocenters. The lowest BCUT2D eigenvalue weighted by Gasteiger charge is -2.32. The number of amides is 1. The van der Waals surface area contributed by atoms with Gasteiger partial charge in [-0.1, -0.05) is 11.6 Å². The molecular formula is C13H18ClN3O3S. The number of sulfonamides is 1. The topological polar surface area (TPSA) is 79.4 Å². The smallest absolute Gasteiger partial charge is 0.254 e. The standard InChI is InChI=1S/C13H18ClN3O3S/c1-9-6-10(7-12(14)15-9)13(18)17-5-3-4-11(8-17)16-21(2,19)20/h6-7,11,16H,3-5,8H2,1-2H3. The number of aromatic nitrogens is 1. The molecule has 1 amide bonds. The summed E-state index contributed by atoms with van der Waals surface area (Å²) >= 11 is 5.88. The third-order valence-corrected chi connectivity index (χ3v) is 4.21. The molecule has 116 valence electrons. The highest BCUT2D eigenvalue weighted by atomic mass is 35.5. The first kappa shape index (κ1) is 16.2. The summed E-state index contributed by atoms with van der Waals surface area (Å²) in [6.07, 6.45) is 2.61. The van der Waals surface area contributed by atoms with Gasteiger partial charge in [-0.05, 0) is 31.9 Å². The second-order valence-electron chi connectivity index (χ2n) is 5.30. The fraction of sp³-hybridized carbons (Fsp3) is 0.538. The molecule has 6 nitrogen and oxygen atoms in total. The summed E-state index contributed by atoms with van der Waals surface area (Å²) in [7, 11) is -3.27. The normalized spacial score (nSPS) is 19.6. The van der Waals surface area contributed by atoms with Gasteiger partial charge in [0.2, 0.25) is 10.0 Å². The van der Waals surface area contributed by atoms with E-state index in [4.69, 9.17) is 11.6 Å². The Morgan fingerprint density at radius 3 is 2.81 bits per heavy atom. The molecule has 1 saturated heterocycles. The molecule has 0 radical (unpaired) electrons. The van der Waals surface area contributed by atoms with Gasteiger partial charge < -0.3 is 4.90 Å². The van der Waals surface area contributed by atoms with Crippen molar-refractivity contribution >= 4 is 27.5 Å². The van der Waals surface area contributed by atoms with Crippen molar-refractivity contribution in [2.24, 2.45) is 0 Å². The van der Waals surface area contributed by atoms with E-state index in [0.717, 1.165) is 19.1 Å². The van der Waals surface area contributed by atoms with Crippen LogP contribution >= 0.6 is 11.6 Å². The minimum atomic E-state index is -3.27. The van der Waals surface area contributed by atoms with Gasteiger partial charge in [0.25, 0.3) is 5.91 Å². The summed E-state index contributed by atoms with van der Waals surface area (Å²) in [5.74, 6) is -0.151. The Balaban J connectivity index is 2.12. The van der Waals surface area contributed by atoms with Gasteiger partial charge in [-0.3, -0.25) is 4.79 Å². The van der Waals surface area contributed by atoms with Gasteiger partial charge in [-0.15, -0.1) is 0 Å². The average molecular weight is 332 g/mol. The van der Waals surface area contributed by atoms with E-state index in [-0.39, 0.29) is 17.1 Å². The predicted octanol–water partition coefficient (Wildman–Crippen LogP) is 1.20. The molecular weight excluding hydrogens is 314 g/mol. The van der Waals surface area contributed by atoms with Gasteiger partial charge in [0, 0.05) is 30.4 Å². The van der Waals surface area contributed by atoms with Crippen LogP contribution in [-0.4, -0.2) is 49.6 Å². The lowest BCUT2D eigenvalue weighted by molar-refractivity contribution is 0.0703. The highest BCUT2D eigenvalue weighted by Gasteiger charge is 2.26. The zero-order valence-electron chi connectivity index (χ0n) is 12.0. The number of halogens is 1. The first-order chi connectivity index (χ1) is 9.74. The third-order valence-electron chi connectivity index (χ3n) is 3.26. The largest absolute Gasteiger partial charge is 0.337 e. The maximum atomic E-state index is 12.5. The van der Waals surface area contributed by atoms with Crippen LogP contribution in [0.4, 0.5) is 0 Å². The summed E-state index contributed by atoms with van der Waals surface area (Å²) in [5.41, 5.74) is 1.15. The minimum Gasteiger partial charge on any atom is -0.337 e. The van der Waals surface area contributed by atoms with Crippen LogP contribution in [0, 0.1) is 6.92 Å². The molecule has 2 rings (SSSR count). The molecule has 1 N–H and O–H groups in total. The van der Waals surface area contributed by atoms with E-state index in [2.05, 4.69) is 9.71 Å². The van der Waals surface area contributed by atoms with E-state index < -0.39 is 10.0 Å². The number of piperidine rings is 1. The highest BCUT2D eigenvalue weighted by Crippen LogP contribution is 2.17. The second-order valence-corrected chi connectivity index (χ2v) is 7.47. The number of nitrogens with one attached hydrogen (secondary N) is 1. The van der Waals surface area contributed by atoms with E-state index >= 15 is 0 Å². The number of carbonyl (C=O) groups is 1. The van der Waals surface area contributed by atoms with Crippen molar-refractivity contribution in [2.45, 2.75) is 25.8 Å². The van der Waals surface area contributed by atoms with Gasteiger partial charge in [-0.25, -0.2) is 18.1 Å². The van der Waals surface area contributed by atoms with E-state index in [1.54, 1.807) is 17.9 Å². The second kappa shape index (κ2) is 6.29. The van der Waals surface area contributed by atoms with Crippen molar-refractivity contribution in [1.82, 2.24) is 14.6 Å². The van der Waals surface area contributed by atoms with Crippen LogP contribution in [0.1, 0.15) is 28.9 Å². The van der Waals surface area contributed by atoms with Gasteiger partial charge in [0.05, 0.1) is 6.26 Å². The minimum absolute atomic E-state index is 0.151. The molecule has 2 heterocycles. The molecule has 0 bridgehead atoms. The Morgan fingerprint density at radius 2 is 2.19 bits per heavy atom. The maximum Gasteiger partial charge on any atom is 0.254 e.